The van der Waals surface area contributed by atoms with Crippen LogP contribution in [0, 0.1) is 12.8 Å². The van der Waals surface area contributed by atoms with Gasteiger partial charge in [0.2, 0.25) is 0 Å². The quantitative estimate of drug-likeness (QED) is 0.745. The van der Waals surface area contributed by atoms with Crippen molar-refractivity contribution in [3.05, 3.63) is 35.4 Å². The van der Waals surface area contributed by atoms with E-state index in [4.69, 9.17) is 0 Å². The molecule has 1 saturated heterocycles. The van der Waals surface area contributed by atoms with Crippen molar-refractivity contribution < 1.29 is 4.79 Å². The van der Waals surface area contributed by atoms with E-state index >= 15 is 0 Å². The molecule has 0 aliphatic carbocycles. The molecule has 0 aromatic heterocycles. The van der Waals surface area contributed by atoms with Crippen LogP contribution in [0.5, 0.6) is 0 Å². The van der Waals surface area contributed by atoms with E-state index in [1.54, 1.807) is 0 Å². The van der Waals surface area contributed by atoms with E-state index in [0.29, 0.717) is 5.92 Å². The third-order valence-corrected chi connectivity index (χ3v) is 4.64. The SMILES string of the molecule is Cc1ccccc1C(C=O)C1CCCSC1. The van der Waals surface area contributed by atoms with Gasteiger partial charge in [0.15, 0.2) is 0 Å². The number of hydrogen-bond donors (Lipinski definition) is 0. The molecule has 1 fully saturated rings. The second-order valence-electron chi connectivity index (χ2n) is 4.50. The highest BCUT2D eigenvalue weighted by Gasteiger charge is 2.25. The maximum atomic E-state index is 11.3. The number of carbonyl (C=O) groups is 1. The molecular weight excluding hydrogens is 216 g/mol. The van der Waals surface area contributed by atoms with Crippen LogP contribution in [0.25, 0.3) is 0 Å². The van der Waals surface area contributed by atoms with Gasteiger partial charge in [0.05, 0.1) is 0 Å². The van der Waals surface area contributed by atoms with Crippen molar-refractivity contribution in [1.82, 2.24) is 0 Å². The van der Waals surface area contributed by atoms with Crippen LogP contribution < -0.4 is 0 Å². The van der Waals surface area contributed by atoms with Crippen LogP contribution in [0.4, 0.5) is 0 Å². The lowest BCUT2D eigenvalue weighted by Gasteiger charge is -2.27. The van der Waals surface area contributed by atoms with E-state index in [2.05, 4.69) is 19.1 Å². The van der Waals surface area contributed by atoms with Gasteiger partial charge in [0.1, 0.15) is 6.29 Å². The molecule has 0 saturated carbocycles. The standard InChI is InChI=1S/C14H18OS/c1-11-5-2-3-7-13(11)14(9-15)12-6-4-8-16-10-12/h2-3,5,7,9,12,14H,4,6,8,10H2,1H3. The third kappa shape index (κ3) is 2.49. The Kier molecular flexibility index (Phi) is 4.05. The summed E-state index contributed by atoms with van der Waals surface area (Å²) in [4.78, 5) is 11.3. The van der Waals surface area contributed by atoms with Crippen LogP contribution in [-0.2, 0) is 4.79 Å². The first-order valence-corrected chi connectivity index (χ1v) is 7.07. The molecule has 1 aromatic rings. The number of rotatable bonds is 3. The summed E-state index contributed by atoms with van der Waals surface area (Å²) in [6.45, 7) is 2.10. The summed E-state index contributed by atoms with van der Waals surface area (Å²) in [6.07, 6.45) is 3.61. The normalized spacial score (nSPS) is 22.7. The second-order valence-corrected chi connectivity index (χ2v) is 5.65. The average Bonchev–Trinajstić information content (AvgIpc) is 2.34. The lowest BCUT2D eigenvalue weighted by Crippen LogP contribution is -2.21. The zero-order valence-corrected chi connectivity index (χ0v) is 10.5. The maximum Gasteiger partial charge on any atom is 0.127 e. The number of carbonyl (C=O) groups excluding carboxylic acids is 1. The molecule has 1 heterocycles. The van der Waals surface area contributed by atoms with Gasteiger partial charge in [0, 0.05) is 5.92 Å². The van der Waals surface area contributed by atoms with Crippen molar-refractivity contribution in [2.75, 3.05) is 11.5 Å². The molecule has 1 nitrogen and oxygen atoms in total. The van der Waals surface area contributed by atoms with Gasteiger partial charge in [-0.25, -0.2) is 0 Å². The lowest BCUT2D eigenvalue weighted by molar-refractivity contribution is -0.110. The van der Waals surface area contributed by atoms with Gasteiger partial charge in [-0.3, -0.25) is 0 Å². The molecule has 2 atom stereocenters. The Morgan fingerprint density at radius 1 is 1.44 bits per heavy atom. The molecule has 2 unspecified atom stereocenters. The molecule has 1 aliphatic heterocycles. The molecular formula is C14H18OS. The highest BCUT2D eigenvalue weighted by Crippen LogP contribution is 2.34. The number of benzene rings is 1. The number of thioether (sulfide) groups is 1. The molecule has 0 spiro atoms. The Bertz CT molecular complexity index is 356. The van der Waals surface area contributed by atoms with Gasteiger partial charge >= 0.3 is 0 Å². The summed E-state index contributed by atoms with van der Waals surface area (Å²) in [5, 5.41) is 0. The largest absolute Gasteiger partial charge is 0.303 e. The smallest absolute Gasteiger partial charge is 0.127 e. The molecule has 16 heavy (non-hydrogen) atoms. The topological polar surface area (TPSA) is 17.1 Å². The van der Waals surface area contributed by atoms with Gasteiger partial charge in [-0.15, -0.1) is 0 Å². The van der Waals surface area contributed by atoms with E-state index in [9.17, 15) is 4.79 Å². The number of aryl methyl sites for hydroxylation is 1. The van der Waals surface area contributed by atoms with Crippen molar-refractivity contribution in [2.24, 2.45) is 5.92 Å². The van der Waals surface area contributed by atoms with Crippen LogP contribution in [0.15, 0.2) is 24.3 Å². The second kappa shape index (κ2) is 5.53. The Labute approximate surface area is 102 Å². The highest BCUT2D eigenvalue weighted by molar-refractivity contribution is 7.99. The summed E-state index contributed by atoms with van der Waals surface area (Å²) in [5.41, 5.74) is 2.47. The average molecular weight is 234 g/mol. The summed E-state index contributed by atoms with van der Waals surface area (Å²) in [6, 6.07) is 8.28. The Balaban J connectivity index is 2.21. The summed E-state index contributed by atoms with van der Waals surface area (Å²) in [7, 11) is 0. The van der Waals surface area contributed by atoms with Crippen LogP contribution in [0.3, 0.4) is 0 Å². The van der Waals surface area contributed by atoms with Crippen LogP contribution in [-0.4, -0.2) is 17.8 Å². The first kappa shape index (κ1) is 11.7. The summed E-state index contributed by atoms with van der Waals surface area (Å²) >= 11 is 1.99. The molecule has 86 valence electrons. The van der Waals surface area contributed by atoms with Crippen LogP contribution >= 0.6 is 11.8 Å². The monoisotopic (exact) mass is 234 g/mol. The lowest BCUT2D eigenvalue weighted by atomic mass is 9.83. The maximum absolute atomic E-state index is 11.3. The summed E-state index contributed by atoms with van der Waals surface area (Å²) in [5.74, 6) is 3.04. The molecule has 0 amide bonds. The molecule has 0 N–H and O–H groups in total. The van der Waals surface area contributed by atoms with Gasteiger partial charge in [-0.05, 0) is 48.3 Å². The minimum absolute atomic E-state index is 0.106. The first-order valence-electron chi connectivity index (χ1n) is 5.91. The first-order chi connectivity index (χ1) is 7.83. The van der Waals surface area contributed by atoms with E-state index in [-0.39, 0.29) is 5.92 Å². The fourth-order valence-electron chi connectivity index (χ4n) is 2.45. The Hall–Kier alpha value is -0.760. The van der Waals surface area contributed by atoms with E-state index in [1.807, 2.05) is 23.9 Å². The zero-order chi connectivity index (χ0) is 11.4. The summed E-state index contributed by atoms with van der Waals surface area (Å²) < 4.78 is 0. The van der Waals surface area contributed by atoms with Gasteiger partial charge in [-0.2, -0.15) is 11.8 Å². The van der Waals surface area contributed by atoms with E-state index in [0.717, 1.165) is 12.0 Å². The van der Waals surface area contributed by atoms with Crippen molar-refractivity contribution in [3.63, 3.8) is 0 Å². The van der Waals surface area contributed by atoms with Crippen molar-refractivity contribution >= 4 is 18.0 Å². The van der Waals surface area contributed by atoms with Gasteiger partial charge < -0.3 is 4.79 Å². The number of hydrogen-bond acceptors (Lipinski definition) is 2. The minimum Gasteiger partial charge on any atom is -0.303 e. The molecule has 0 bridgehead atoms. The fourth-order valence-corrected chi connectivity index (χ4v) is 3.66. The Morgan fingerprint density at radius 3 is 2.88 bits per heavy atom. The molecule has 2 heteroatoms. The van der Waals surface area contributed by atoms with Gasteiger partial charge in [-0.1, -0.05) is 24.3 Å². The molecule has 0 radical (unpaired) electrons. The van der Waals surface area contributed by atoms with Crippen molar-refractivity contribution in [3.8, 4) is 0 Å². The predicted octanol–water partition coefficient (Wildman–Crippen LogP) is 3.42. The molecule has 2 rings (SSSR count). The highest BCUT2D eigenvalue weighted by atomic mass is 32.2. The van der Waals surface area contributed by atoms with E-state index < -0.39 is 0 Å². The third-order valence-electron chi connectivity index (χ3n) is 3.40. The van der Waals surface area contributed by atoms with E-state index in [1.165, 1.54) is 29.7 Å². The zero-order valence-electron chi connectivity index (χ0n) is 9.69. The van der Waals surface area contributed by atoms with Gasteiger partial charge in [0.25, 0.3) is 0 Å². The van der Waals surface area contributed by atoms with Crippen molar-refractivity contribution in [2.45, 2.75) is 25.7 Å². The van der Waals surface area contributed by atoms with Crippen LogP contribution in [0.2, 0.25) is 0 Å². The van der Waals surface area contributed by atoms with Crippen molar-refractivity contribution in [1.29, 1.82) is 0 Å². The molecule has 1 aromatic carbocycles. The predicted molar refractivity (Wildman–Crippen MR) is 70.0 cm³/mol. The molecule has 1 aliphatic rings. The minimum atomic E-state index is 0.106. The Morgan fingerprint density at radius 2 is 2.25 bits per heavy atom. The van der Waals surface area contributed by atoms with Crippen LogP contribution in [0.1, 0.15) is 29.9 Å². The number of aldehydes is 1. The fraction of sp³-hybridized carbons (Fsp3) is 0.500.